The average Bonchev–Trinajstić information content (AvgIpc) is 2.83. The Morgan fingerprint density at radius 2 is 1.51 bits per heavy atom. The van der Waals surface area contributed by atoms with E-state index in [0.29, 0.717) is 6.07 Å². The quantitative estimate of drug-likeness (QED) is 0.216. The van der Waals surface area contributed by atoms with Gasteiger partial charge in [0.2, 0.25) is 5.91 Å². The number of nitrogens with zero attached hydrogens (tertiary/aromatic N) is 1. The molecule has 0 aliphatic carbocycles. The lowest BCUT2D eigenvalue weighted by Gasteiger charge is -2.22. The third-order valence-corrected chi connectivity index (χ3v) is 5.56. The number of carbonyl (C=O) groups is 3. The number of halogens is 3. The van der Waals surface area contributed by atoms with Crippen LogP contribution in [0, 0.1) is 13.8 Å². The number of aryl methyl sites for hydroxylation is 2. The molecule has 1 aromatic heterocycles. The van der Waals surface area contributed by atoms with Crippen molar-refractivity contribution >= 4 is 29.2 Å². The Morgan fingerprint density at radius 3 is 2.10 bits per heavy atom. The van der Waals surface area contributed by atoms with Crippen LogP contribution < -0.4 is 15.4 Å². The van der Waals surface area contributed by atoms with Crippen LogP contribution >= 0.6 is 0 Å². The zero-order valence-corrected chi connectivity index (χ0v) is 23.7. The van der Waals surface area contributed by atoms with Crippen LogP contribution in [0.3, 0.4) is 0 Å². The first-order valence-electron chi connectivity index (χ1n) is 12.8. The largest absolute Gasteiger partial charge is 0.493 e. The van der Waals surface area contributed by atoms with Gasteiger partial charge in [-0.3, -0.25) is 19.9 Å². The third kappa shape index (κ3) is 8.79. The molecule has 0 spiro atoms. The zero-order chi connectivity index (χ0) is 30.5. The van der Waals surface area contributed by atoms with Gasteiger partial charge in [0, 0.05) is 23.0 Å². The molecule has 2 N–H and O–H groups in total. The molecular formula is C30H32F3N3O5. The van der Waals surface area contributed by atoms with Crippen LogP contribution in [0.1, 0.15) is 61.4 Å². The molecule has 0 aliphatic heterocycles. The molecule has 0 saturated heterocycles. The van der Waals surface area contributed by atoms with Gasteiger partial charge in [-0.1, -0.05) is 18.2 Å². The number of rotatable bonds is 8. The first-order chi connectivity index (χ1) is 19.1. The van der Waals surface area contributed by atoms with Crippen molar-refractivity contribution in [2.75, 3.05) is 17.2 Å². The minimum Gasteiger partial charge on any atom is -0.493 e. The van der Waals surface area contributed by atoms with E-state index in [4.69, 9.17) is 9.47 Å². The monoisotopic (exact) mass is 571 g/mol. The summed E-state index contributed by atoms with van der Waals surface area (Å²) in [5.74, 6) is -1.96. The van der Waals surface area contributed by atoms with Gasteiger partial charge in [-0.05, 0) is 76.9 Å². The molecule has 1 heterocycles. The molecule has 2 aromatic carbocycles. The molecule has 8 nitrogen and oxygen atoms in total. The zero-order valence-electron chi connectivity index (χ0n) is 23.7. The number of amides is 2. The second-order valence-electron chi connectivity index (χ2n) is 10.3. The van der Waals surface area contributed by atoms with Crippen LogP contribution in [-0.2, 0) is 15.7 Å². The maximum atomic E-state index is 13.8. The van der Waals surface area contributed by atoms with Crippen LogP contribution in [0.25, 0.3) is 11.1 Å². The van der Waals surface area contributed by atoms with E-state index < -0.39 is 47.3 Å². The Bertz CT molecular complexity index is 1440. The van der Waals surface area contributed by atoms with Crippen LogP contribution in [0.4, 0.5) is 29.3 Å². The first-order valence-corrected chi connectivity index (χ1v) is 12.8. The summed E-state index contributed by atoms with van der Waals surface area (Å²) < 4.78 is 51.8. The topological polar surface area (TPSA) is 107 Å². The maximum absolute atomic E-state index is 13.8. The van der Waals surface area contributed by atoms with E-state index in [0.717, 1.165) is 28.6 Å². The van der Waals surface area contributed by atoms with Crippen molar-refractivity contribution in [2.45, 2.75) is 59.7 Å². The molecule has 0 radical (unpaired) electrons. The van der Waals surface area contributed by atoms with Gasteiger partial charge in [0.05, 0.1) is 30.0 Å². The number of carbonyl (C=O) groups excluding carboxylic acids is 3. The van der Waals surface area contributed by atoms with E-state index in [2.05, 4.69) is 15.6 Å². The van der Waals surface area contributed by atoms with Crippen molar-refractivity contribution in [3.05, 3.63) is 71.0 Å². The molecule has 0 fully saturated rings. The summed E-state index contributed by atoms with van der Waals surface area (Å²) in [7, 11) is 0. The molecular weight excluding hydrogens is 539 g/mol. The summed E-state index contributed by atoms with van der Waals surface area (Å²) in [5.41, 5.74) is 0.835. The number of aromatic nitrogens is 1. The summed E-state index contributed by atoms with van der Waals surface area (Å²) in [6.45, 7) is 9.99. The lowest BCUT2D eigenvalue weighted by atomic mass is 9.99. The Labute approximate surface area is 236 Å². The van der Waals surface area contributed by atoms with Gasteiger partial charge >= 0.3 is 12.3 Å². The number of hydrogen-bond donors (Lipinski definition) is 2. The number of Topliss-reactive ketones (excluding diaryl/α,β-unsaturated/α-hetero) is 1. The number of alkyl halides is 3. The predicted molar refractivity (Wildman–Crippen MR) is 149 cm³/mol. The minimum absolute atomic E-state index is 0.0765. The number of nitrogens with one attached hydrogen (secondary N) is 2. The normalized spacial score (nSPS) is 11.5. The van der Waals surface area contributed by atoms with Gasteiger partial charge in [-0.25, -0.2) is 4.79 Å². The molecule has 3 rings (SSSR count). The number of pyridine rings is 1. The average molecular weight is 572 g/mol. The SMILES string of the molecule is CCOc1cc(NC(=O)OC(C)(C)C)c(NC(=O)CC(=O)c2cccc(-c3cc(C)nc(C)c3)c2)cc1C(F)(F)F. The number of anilines is 2. The molecule has 0 bridgehead atoms. The van der Waals surface area contributed by atoms with Crippen LogP contribution in [0.5, 0.6) is 5.75 Å². The molecule has 218 valence electrons. The fourth-order valence-corrected chi connectivity index (χ4v) is 4.01. The van der Waals surface area contributed by atoms with Crippen molar-refractivity contribution in [3.8, 4) is 16.9 Å². The highest BCUT2D eigenvalue weighted by Crippen LogP contribution is 2.41. The fraction of sp³-hybridized carbons (Fsp3) is 0.333. The molecule has 41 heavy (non-hydrogen) atoms. The molecule has 11 heteroatoms. The first kappa shape index (κ1) is 31.1. The van der Waals surface area contributed by atoms with E-state index in [1.165, 1.54) is 6.92 Å². The Hall–Kier alpha value is -4.41. The van der Waals surface area contributed by atoms with Gasteiger partial charge in [0.1, 0.15) is 11.4 Å². The molecule has 0 saturated carbocycles. The number of ether oxygens (including phenoxy) is 2. The van der Waals surface area contributed by atoms with Crippen molar-refractivity contribution in [1.29, 1.82) is 0 Å². The van der Waals surface area contributed by atoms with Crippen molar-refractivity contribution < 1.29 is 37.0 Å². The molecule has 2 amide bonds. The Morgan fingerprint density at radius 1 is 0.878 bits per heavy atom. The highest BCUT2D eigenvalue weighted by atomic mass is 19.4. The van der Waals surface area contributed by atoms with Crippen LogP contribution in [0.15, 0.2) is 48.5 Å². The summed E-state index contributed by atoms with van der Waals surface area (Å²) in [4.78, 5) is 42.6. The van der Waals surface area contributed by atoms with E-state index in [1.807, 2.05) is 32.0 Å². The Kier molecular flexibility index (Phi) is 9.42. The fourth-order valence-electron chi connectivity index (χ4n) is 4.01. The lowest BCUT2D eigenvalue weighted by Crippen LogP contribution is -2.28. The van der Waals surface area contributed by atoms with Crippen LogP contribution in [-0.4, -0.2) is 35.0 Å². The molecule has 0 aliphatic rings. The standard InChI is InChI=1S/C30H32F3N3O5/c1-7-40-26-15-24(36-28(39)41-29(4,5)6)23(14-22(26)30(31,32)33)35-27(38)16-25(37)20-10-8-9-19(13-20)21-11-17(2)34-18(3)12-21/h8-15H,7,16H2,1-6H3,(H,35,38)(H,36,39). The predicted octanol–water partition coefficient (Wildman–Crippen LogP) is 7.34. The third-order valence-electron chi connectivity index (χ3n) is 5.56. The molecule has 3 aromatic rings. The smallest absolute Gasteiger partial charge is 0.420 e. The van der Waals surface area contributed by atoms with Crippen molar-refractivity contribution in [3.63, 3.8) is 0 Å². The maximum Gasteiger partial charge on any atom is 0.420 e. The second-order valence-corrected chi connectivity index (χ2v) is 10.3. The number of hydrogen-bond acceptors (Lipinski definition) is 6. The second kappa shape index (κ2) is 12.4. The summed E-state index contributed by atoms with van der Waals surface area (Å²) in [6.07, 6.45) is -6.43. The van der Waals surface area contributed by atoms with Crippen molar-refractivity contribution in [1.82, 2.24) is 4.98 Å². The van der Waals surface area contributed by atoms with Gasteiger partial charge in [-0.15, -0.1) is 0 Å². The van der Waals surface area contributed by atoms with Gasteiger partial charge in [0.25, 0.3) is 0 Å². The Balaban J connectivity index is 1.89. The van der Waals surface area contributed by atoms with Gasteiger partial charge < -0.3 is 14.8 Å². The number of ketones is 1. The lowest BCUT2D eigenvalue weighted by molar-refractivity contribution is -0.138. The molecule has 0 unspecified atom stereocenters. The van der Waals surface area contributed by atoms with Crippen LogP contribution in [0.2, 0.25) is 0 Å². The molecule has 0 atom stereocenters. The highest BCUT2D eigenvalue weighted by Gasteiger charge is 2.36. The minimum atomic E-state index is -4.83. The van der Waals surface area contributed by atoms with Gasteiger partial charge in [0.15, 0.2) is 5.78 Å². The van der Waals surface area contributed by atoms with E-state index >= 15 is 0 Å². The summed E-state index contributed by atoms with van der Waals surface area (Å²) >= 11 is 0. The van der Waals surface area contributed by atoms with E-state index in [-0.39, 0.29) is 23.5 Å². The van der Waals surface area contributed by atoms with Gasteiger partial charge in [-0.2, -0.15) is 13.2 Å². The number of benzene rings is 2. The van der Waals surface area contributed by atoms with E-state index in [1.54, 1.807) is 39.0 Å². The van der Waals surface area contributed by atoms with Crippen molar-refractivity contribution in [2.24, 2.45) is 0 Å². The summed E-state index contributed by atoms with van der Waals surface area (Å²) in [6, 6.07) is 12.0. The van der Waals surface area contributed by atoms with E-state index in [9.17, 15) is 27.6 Å². The summed E-state index contributed by atoms with van der Waals surface area (Å²) in [5, 5.41) is 4.68. The highest BCUT2D eigenvalue weighted by molar-refractivity contribution is 6.12.